The van der Waals surface area contributed by atoms with Gasteiger partial charge in [-0.05, 0) is 29.5 Å². The van der Waals surface area contributed by atoms with Crippen LogP contribution in [0.3, 0.4) is 0 Å². The van der Waals surface area contributed by atoms with Crippen LogP contribution in [-0.4, -0.2) is 19.6 Å². The van der Waals surface area contributed by atoms with E-state index in [0.717, 1.165) is 20.4 Å². The monoisotopic (exact) mass is 380 g/mol. The second kappa shape index (κ2) is 4.25. The molecule has 2 rings (SSSR count). The number of aryl methyl sites for hydroxylation is 2. The molecule has 0 aliphatic rings. The first-order valence-electron chi connectivity index (χ1n) is 4.42. The smallest absolute Gasteiger partial charge is 0.156 e. The third-order valence-electron chi connectivity index (χ3n) is 2.21. The van der Waals surface area contributed by atoms with Crippen molar-refractivity contribution in [3.05, 3.63) is 27.2 Å². The number of hydrogen-bond donors (Lipinski definition) is 0. The Labute approximate surface area is 110 Å². The molecule has 0 saturated heterocycles. The van der Waals surface area contributed by atoms with E-state index in [-0.39, 0.29) is 0 Å². The number of rotatable bonds is 2. The molecule has 0 aromatic carbocycles. The van der Waals surface area contributed by atoms with E-state index in [9.17, 15) is 0 Å². The summed E-state index contributed by atoms with van der Waals surface area (Å²) in [6.45, 7) is 2.01. The molecule has 0 aliphatic heterocycles. The molecule has 0 fully saturated rings. The van der Waals surface area contributed by atoms with Crippen LogP contribution in [0, 0.1) is 10.5 Å². The predicted molar refractivity (Wildman–Crippen MR) is 70.4 cm³/mol. The van der Waals surface area contributed by atoms with Crippen molar-refractivity contribution in [2.45, 2.75) is 12.3 Å². The van der Waals surface area contributed by atoms with Crippen LogP contribution < -0.4 is 0 Å². The topological polar surface area (TPSA) is 35.6 Å². The quantitative estimate of drug-likeness (QED) is 0.592. The molecule has 6 heteroatoms. The van der Waals surface area contributed by atoms with Crippen molar-refractivity contribution >= 4 is 38.5 Å². The fourth-order valence-corrected chi connectivity index (χ4v) is 2.59. The molecule has 0 unspecified atom stereocenters. The molecule has 2 aromatic rings. The number of halogens is 2. The molecule has 0 amide bonds. The highest BCUT2D eigenvalue weighted by Gasteiger charge is 2.14. The van der Waals surface area contributed by atoms with Gasteiger partial charge in [0.2, 0.25) is 0 Å². The zero-order valence-corrected chi connectivity index (χ0v) is 12.2. The standard InChI is InChI=1S/C9H10BrIN4/c1-6-8(3-10)9(14(2)13-6)15-5-7(11)4-12-15/h4-5H,3H2,1-2H3. The first-order valence-corrected chi connectivity index (χ1v) is 6.62. The highest BCUT2D eigenvalue weighted by atomic mass is 127. The fourth-order valence-electron chi connectivity index (χ4n) is 1.55. The normalized spacial score (nSPS) is 10.9. The van der Waals surface area contributed by atoms with Gasteiger partial charge in [0.15, 0.2) is 5.82 Å². The zero-order valence-electron chi connectivity index (χ0n) is 8.41. The third kappa shape index (κ3) is 1.96. The summed E-state index contributed by atoms with van der Waals surface area (Å²) in [4.78, 5) is 0. The summed E-state index contributed by atoms with van der Waals surface area (Å²) in [5.74, 6) is 1.02. The largest absolute Gasteiger partial charge is 0.250 e. The van der Waals surface area contributed by atoms with Crippen LogP contribution in [0.25, 0.3) is 5.82 Å². The zero-order chi connectivity index (χ0) is 11.0. The van der Waals surface area contributed by atoms with Crippen LogP contribution in [0.15, 0.2) is 12.4 Å². The van der Waals surface area contributed by atoms with Crippen LogP contribution in [0.2, 0.25) is 0 Å². The summed E-state index contributed by atoms with van der Waals surface area (Å²) >= 11 is 5.73. The van der Waals surface area contributed by atoms with Gasteiger partial charge in [-0.2, -0.15) is 10.2 Å². The van der Waals surface area contributed by atoms with Gasteiger partial charge in [-0.25, -0.2) is 4.68 Å². The Kier molecular flexibility index (Phi) is 3.15. The molecule has 0 saturated carbocycles. The van der Waals surface area contributed by atoms with Gasteiger partial charge in [0.1, 0.15) is 0 Å². The summed E-state index contributed by atoms with van der Waals surface area (Å²) in [6.07, 6.45) is 3.82. The van der Waals surface area contributed by atoms with Gasteiger partial charge in [-0.15, -0.1) is 0 Å². The SMILES string of the molecule is Cc1nn(C)c(-n2cc(I)cn2)c1CBr. The van der Waals surface area contributed by atoms with Gasteiger partial charge < -0.3 is 0 Å². The second-order valence-corrected chi connectivity index (χ2v) is 5.05. The van der Waals surface area contributed by atoms with E-state index in [0.29, 0.717) is 0 Å². The summed E-state index contributed by atoms with van der Waals surface area (Å²) in [5, 5.41) is 9.48. The van der Waals surface area contributed by atoms with Gasteiger partial charge in [-0.3, -0.25) is 4.68 Å². The van der Waals surface area contributed by atoms with Crippen LogP contribution in [0.1, 0.15) is 11.3 Å². The van der Waals surface area contributed by atoms with E-state index in [1.54, 1.807) is 0 Å². The minimum absolute atomic E-state index is 0.790. The van der Waals surface area contributed by atoms with Crippen molar-refractivity contribution in [1.82, 2.24) is 19.6 Å². The van der Waals surface area contributed by atoms with Gasteiger partial charge in [-0.1, -0.05) is 15.9 Å². The maximum absolute atomic E-state index is 4.39. The van der Waals surface area contributed by atoms with E-state index in [1.165, 1.54) is 5.56 Å². The summed E-state index contributed by atoms with van der Waals surface area (Å²) in [5.41, 5.74) is 2.21. The average Bonchev–Trinajstić information content (AvgIpc) is 2.70. The molecule has 80 valence electrons. The molecule has 2 aromatic heterocycles. The minimum atomic E-state index is 0.790. The molecule has 4 nitrogen and oxygen atoms in total. The maximum atomic E-state index is 4.39. The minimum Gasteiger partial charge on any atom is -0.250 e. The molecule has 0 aliphatic carbocycles. The average molecular weight is 381 g/mol. The van der Waals surface area contributed by atoms with Crippen LogP contribution in [0.5, 0.6) is 0 Å². The molecule has 0 spiro atoms. The van der Waals surface area contributed by atoms with Crippen LogP contribution in [-0.2, 0) is 12.4 Å². The summed E-state index contributed by atoms with van der Waals surface area (Å²) in [7, 11) is 1.93. The van der Waals surface area contributed by atoms with Gasteiger partial charge in [0.25, 0.3) is 0 Å². The third-order valence-corrected chi connectivity index (χ3v) is 3.33. The highest BCUT2D eigenvalue weighted by molar-refractivity contribution is 14.1. The predicted octanol–water partition coefficient (Wildman–Crippen LogP) is 2.41. The lowest BCUT2D eigenvalue weighted by Gasteiger charge is -2.03. The van der Waals surface area contributed by atoms with Crippen LogP contribution in [0.4, 0.5) is 0 Å². The summed E-state index contributed by atoms with van der Waals surface area (Å²) < 4.78 is 4.83. The lowest BCUT2D eigenvalue weighted by Crippen LogP contribution is -2.05. The molecular weight excluding hydrogens is 371 g/mol. The molecule has 0 bridgehead atoms. The first kappa shape index (κ1) is 11.1. The molecule has 2 heterocycles. The van der Waals surface area contributed by atoms with Crippen molar-refractivity contribution in [2.24, 2.45) is 7.05 Å². The molecular formula is C9H10BrIN4. The number of nitrogens with zero attached hydrogens (tertiary/aromatic N) is 4. The van der Waals surface area contributed by atoms with E-state index in [1.807, 2.05) is 35.7 Å². The van der Waals surface area contributed by atoms with Crippen molar-refractivity contribution in [3.63, 3.8) is 0 Å². The Morgan fingerprint density at radius 1 is 1.53 bits per heavy atom. The molecule has 0 radical (unpaired) electrons. The van der Waals surface area contributed by atoms with E-state index < -0.39 is 0 Å². The second-order valence-electron chi connectivity index (χ2n) is 3.25. The Hall–Kier alpha value is -0.370. The number of aromatic nitrogens is 4. The van der Waals surface area contributed by atoms with Crippen molar-refractivity contribution in [2.75, 3.05) is 0 Å². The van der Waals surface area contributed by atoms with Gasteiger partial charge >= 0.3 is 0 Å². The molecule has 0 atom stereocenters. The molecule has 15 heavy (non-hydrogen) atoms. The lowest BCUT2D eigenvalue weighted by molar-refractivity contribution is 0.692. The fraction of sp³-hybridized carbons (Fsp3) is 0.333. The maximum Gasteiger partial charge on any atom is 0.156 e. The van der Waals surface area contributed by atoms with Crippen molar-refractivity contribution in [3.8, 4) is 5.82 Å². The van der Waals surface area contributed by atoms with Crippen molar-refractivity contribution in [1.29, 1.82) is 0 Å². The first-order chi connectivity index (χ1) is 7.13. The van der Waals surface area contributed by atoms with Gasteiger partial charge in [0, 0.05) is 24.1 Å². The Balaban J connectivity index is 2.61. The lowest BCUT2D eigenvalue weighted by atomic mass is 10.3. The number of alkyl halides is 1. The van der Waals surface area contributed by atoms with E-state index in [4.69, 9.17) is 0 Å². The van der Waals surface area contributed by atoms with E-state index >= 15 is 0 Å². The Morgan fingerprint density at radius 2 is 2.27 bits per heavy atom. The highest BCUT2D eigenvalue weighted by Crippen LogP contribution is 2.20. The number of hydrogen-bond acceptors (Lipinski definition) is 2. The van der Waals surface area contributed by atoms with Crippen molar-refractivity contribution < 1.29 is 0 Å². The van der Waals surface area contributed by atoms with E-state index in [2.05, 4.69) is 48.7 Å². The Morgan fingerprint density at radius 3 is 2.80 bits per heavy atom. The van der Waals surface area contributed by atoms with Crippen LogP contribution >= 0.6 is 38.5 Å². The molecule has 0 N–H and O–H groups in total. The Bertz CT molecular complexity index is 488. The summed E-state index contributed by atoms with van der Waals surface area (Å²) in [6, 6.07) is 0. The van der Waals surface area contributed by atoms with Gasteiger partial charge in [0.05, 0.1) is 15.5 Å².